The highest BCUT2D eigenvalue weighted by atomic mass is 16.5. The maximum atomic E-state index is 12.8. The molecular formula is C29H34N4O3. The Bertz CT molecular complexity index is 1130. The third kappa shape index (κ3) is 7.41. The summed E-state index contributed by atoms with van der Waals surface area (Å²) in [4.78, 5) is 29.5. The van der Waals surface area contributed by atoms with Gasteiger partial charge in [-0.15, -0.1) is 0 Å². The average Bonchev–Trinajstić information content (AvgIpc) is 2.90. The van der Waals surface area contributed by atoms with Crippen molar-refractivity contribution in [3.63, 3.8) is 0 Å². The number of benzene rings is 3. The highest BCUT2D eigenvalue weighted by Gasteiger charge is 2.26. The zero-order valence-electron chi connectivity index (χ0n) is 20.9. The van der Waals surface area contributed by atoms with Gasteiger partial charge in [0.05, 0.1) is 12.6 Å². The second-order valence-electron chi connectivity index (χ2n) is 9.19. The van der Waals surface area contributed by atoms with Gasteiger partial charge in [-0.2, -0.15) is 0 Å². The number of nitrogens with zero attached hydrogens (tertiary/aromatic N) is 2. The van der Waals surface area contributed by atoms with Gasteiger partial charge in [0, 0.05) is 37.6 Å². The molecule has 3 aromatic rings. The standard InChI is InChI=1S/C29H34N4O3/c1-22-8-10-25(11-9-22)30-28(34)20-32-16-18-33(19-17-32)23(2)29(35)31-26-12-14-27(15-13-26)36-21-24-6-4-3-5-7-24/h3-15,23H,16-21H2,1-2H3,(H,30,34)(H,31,35). The van der Waals surface area contributed by atoms with Crippen LogP contribution in [0.2, 0.25) is 0 Å². The van der Waals surface area contributed by atoms with Gasteiger partial charge >= 0.3 is 0 Å². The van der Waals surface area contributed by atoms with Gasteiger partial charge < -0.3 is 15.4 Å². The number of rotatable bonds is 9. The fraction of sp³-hybridized carbons (Fsp3) is 0.310. The van der Waals surface area contributed by atoms with Gasteiger partial charge in [0.15, 0.2) is 0 Å². The molecule has 0 saturated carbocycles. The van der Waals surface area contributed by atoms with Gasteiger partial charge in [0.25, 0.3) is 0 Å². The van der Waals surface area contributed by atoms with Gasteiger partial charge in [-0.3, -0.25) is 19.4 Å². The van der Waals surface area contributed by atoms with Crippen LogP contribution in [0.5, 0.6) is 5.75 Å². The molecule has 7 heteroatoms. The minimum Gasteiger partial charge on any atom is -0.489 e. The van der Waals surface area contributed by atoms with E-state index in [0.717, 1.165) is 54.4 Å². The molecule has 0 spiro atoms. The molecule has 3 aromatic carbocycles. The third-order valence-electron chi connectivity index (χ3n) is 6.41. The van der Waals surface area contributed by atoms with Gasteiger partial charge in [-0.25, -0.2) is 0 Å². The number of nitrogens with one attached hydrogen (secondary N) is 2. The number of ether oxygens (including phenoxy) is 1. The summed E-state index contributed by atoms with van der Waals surface area (Å²) in [6, 6.07) is 25.0. The second kappa shape index (κ2) is 12.3. The quantitative estimate of drug-likeness (QED) is 0.475. The Morgan fingerprint density at radius 3 is 2.11 bits per heavy atom. The van der Waals surface area contributed by atoms with E-state index in [1.807, 2.05) is 92.7 Å². The maximum Gasteiger partial charge on any atom is 0.241 e. The minimum absolute atomic E-state index is 0.0192. The maximum absolute atomic E-state index is 12.8. The van der Waals surface area contributed by atoms with Crippen LogP contribution in [0, 0.1) is 6.92 Å². The van der Waals surface area contributed by atoms with Crippen LogP contribution in [0.3, 0.4) is 0 Å². The lowest BCUT2D eigenvalue weighted by molar-refractivity contribution is -0.122. The molecule has 1 saturated heterocycles. The number of piperazine rings is 1. The molecule has 36 heavy (non-hydrogen) atoms. The number of hydrogen-bond donors (Lipinski definition) is 2. The van der Waals surface area contributed by atoms with Crippen LogP contribution in [0.4, 0.5) is 11.4 Å². The fourth-order valence-corrected chi connectivity index (χ4v) is 4.14. The molecule has 2 amide bonds. The second-order valence-corrected chi connectivity index (χ2v) is 9.19. The zero-order chi connectivity index (χ0) is 25.3. The van der Waals surface area contributed by atoms with Crippen molar-refractivity contribution in [1.82, 2.24) is 9.80 Å². The Kier molecular flexibility index (Phi) is 8.71. The molecule has 0 radical (unpaired) electrons. The summed E-state index contributed by atoms with van der Waals surface area (Å²) in [6.07, 6.45) is 0. The Labute approximate surface area is 213 Å². The largest absolute Gasteiger partial charge is 0.489 e. The Hall–Kier alpha value is -3.68. The summed E-state index contributed by atoms with van der Waals surface area (Å²) in [5.41, 5.74) is 3.82. The monoisotopic (exact) mass is 486 g/mol. The molecule has 1 aliphatic rings. The predicted octanol–water partition coefficient (Wildman–Crippen LogP) is 4.16. The molecule has 1 fully saturated rings. The molecule has 4 rings (SSSR count). The SMILES string of the molecule is Cc1ccc(NC(=O)CN2CCN(C(C)C(=O)Nc3ccc(OCc4ccccc4)cc3)CC2)cc1. The molecule has 1 unspecified atom stereocenters. The molecule has 1 atom stereocenters. The van der Waals surface area contributed by atoms with E-state index in [4.69, 9.17) is 4.74 Å². The lowest BCUT2D eigenvalue weighted by atomic mass is 10.2. The van der Waals surface area contributed by atoms with E-state index in [0.29, 0.717) is 13.2 Å². The first kappa shape index (κ1) is 25.4. The van der Waals surface area contributed by atoms with Crippen LogP contribution in [0.1, 0.15) is 18.1 Å². The molecule has 2 N–H and O–H groups in total. The molecule has 0 bridgehead atoms. The number of anilines is 2. The summed E-state index contributed by atoms with van der Waals surface area (Å²) < 4.78 is 5.82. The van der Waals surface area contributed by atoms with Crippen molar-refractivity contribution >= 4 is 23.2 Å². The number of aryl methyl sites for hydroxylation is 1. The zero-order valence-corrected chi connectivity index (χ0v) is 20.9. The molecule has 1 heterocycles. The predicted molar refractivity (Wildman–Crippen MR) is 143 cm³/mol. The third-order valence-corrected chi connectivity index (χ3v) is 6.41. The molecule has 0 aliphatic carbocycles. The van der Waals surface area contributed by atoms with E-state index in [-0.39, 0.29) is 17.9 Å². The summed E-state index contributed by atoms with van der Waals surface area (Å²) in [5.74, 6) is 0.695. The van der Waals surface area contributed by atoms with Crippen LogP contribution in [0.15, 0.2) is 78.9 Å². The lowest BCUT2D eigenvalue weighted by Gasteiger charge is -2.37. The lowest BCUT2D eigenvalue weighted by Crippen LogP contribution is -2.53. The van der Waals surface area contributed by atoms with Crippen molar-refractivity contribution in [2.75, 3.05) is 43.4 Å². The van der Waals surface area contributed by atoms with E-state index < -0.39 is 0 Å². The van der Waals surface area contributed by atoms with E-state index in [9.17, 15) is 9.59 Å². The van der Waals surface area contributed by atoms with Gasteiger partial charge in [-0.1, -0.05) is 48.0 Å². The van der Waals surface area contributed by atoms with Crippen molar-refractivity contribution < 1.29 is 14.3 Å². The first-order valence-corrected chi connectivity index (χ1v) is 12.4. The number of hydrogen-bond acceptors (Lipinski definition) is 5. The van der Waals surface area contributed by atoms with Crippen LogP contribution in [-0.2, 0) is 16.2 Å². The molecule has 1 aliphatic heterocycles. The van der Waals surface area contributed by atoms with Crippen LogP contribution in [-0.4, -0.2) is 60.4 Å². The average molecular weight is 487 g/mol. The number of carbonyl (C=O) groups excluding carboxylic acids is 2. The van der Waals surface area contributed by atoms with Gasteiger partial charge in [0.1, 0.15) is 12.4 Å². The van der Waals surface area contributed by atoms with E-state index in [2.05, 4.69) is 20.4 Å². The minimum atomic E-state index is -0.262. The topological polar surface area (TPSA) is 73.9 Å². The summed E-state index contributed by atoms with van der Waals surface area (Å²) >= 11 is 0. The van der Waals surface area contributed by atoms with E-state index in [1.165, 1.54) is 0 Å². The van der Waals surface area contributed by atoms with Gasteiger partial charge in [0.2, 0.25) is 11.8 Å². The summed E-state index contributed by atoms with van der Waals surface area (Å²) in [5, 5.41) is 5.95. The molecule has 188 valence electrons. The first-order chi connectivity index (χ1) is 17.5. The molecule has 7 nitrogen and oxygen atoms in total. The van der Waals surface area contributed by atoms with E-state index in [1.54, 1.807) is 0 Å². The normalized spacial score (nSPS) is 15.2. The van der Waals surface area contributed by atoms with Crippen LogP contribution in [0.25, 0.3) is 0 Å². The Balaban J connectivity index is 1.18. The van der Waals surface area contributed by atoms with Crippen molar-refractivity contribution in [3.05, 3.63) is 90.0 Å². The Morgan fingerprint density at radius 2 is 1.44 bits per heavy atom. The van der Waals surface area contributed by atoms with Crippen LogP contribution < -0.4 is 15.4 Å². The molecular weight excluding hydrogens is 452 g/mol. The highest BCUT2D eigenvalue weighted by molar-refractivity contribution is 5.94. The Morgan fingerprint density at radius 1 is 0.833 bits per heavy atom. The summed E-state index contributed by atoms with van der Waals surface area (Å²) in [7, 11) is 0. The van der Waals surface area contributed by atoms with E-state index >= 15 is 0 Å². The smallest absolute Gasteiger partial charge is 0.241 e. The van der Waals surface area contributed by atoms with Crippen LogP contribution >= 0.6 is 0 Å². The highest BCUT2D eigenvalue weighted by Crippen LogP contribution is 2.18. The van der Waals surface area contributed by atoms with Crippen molar-refractivity contribution in [2.45, 2.75) is 26.5 Å². The van der Waals surface area contributed by atoms with Gasteiger partial charge in [-0.05, 0) is 55.8 Å². The van der Waals surface area contributed by atoms with Crippen molar-refractivity contribution in [1.29, 1.82) is 0 Å². The summed E-state index contributed by atoms with van der Waals surface area (Å²) in [6.45, 7) is 7.75. The van der Waals surface area contributed by atoms with Crippen molar-refractivity contribution in [2.24, 2.45) is 0 Å². The number of carbonyl (C=O) groups is 2. The van der Waals surface area contributed by atoms with Crippen molar-refractivity contribution in [3.8, 4) is 5.75 Å². The first-order valence-electron chi connectivity index (χ1n) is 12.4. The fourth-order valence-electron chi connectivity index (χ4n) is 4.14. The number of amides is 2. The molecule has 0 aromatic heterocycles.